The Morgan fingerprint density at radius 2 is 1.69 bits per heavy atom. The van der Waals surface area contributed by atoms with Gasteiger partial charge in [0, 0.05) is 5.56 Å². The molecule has 6 heteroatoms. The number of esters is 1. The van der Waals surface area contributed by atoms with E-state index in [-0.39, 0.29) is 5.91 Å². The van der Waals surface area contributed by atoms with Crippen LogP contribution in [0.2, 0.25) is 0 Å². The van der Waals surface area contributed by atoms with Crippen molar-refractivity contribution in [2.24, 2.45) is 0 Å². The number of nitrogens with one attached hydrogen (secondary N) is 1. The van der Waals surface area contributed by atoms with Crippen molar-refractivity contribution in [1.29, 1.82) is 0 Å². The fraction of sp³-hybridized carbons (Fsp3) is 0.150. The zero-order valence-electron chi connectivity index (χ0n) is 14.5. The van der Waals surface area contributed by atoms with E-state index in [4.69, 9.17) is 4.74 Å². The van der Waals surface area contributed by atoms with Crippen LogP contribution in [0.25, 0.3) is 0 Å². The molecule has 1 amide bonds. The largest absolute Gasteiger partial charge is 0.465 e. The molecule has 26 heavy (non-hydrogen) atoms. The molecule has 1 heterocycles. The predicted molar refractivity (Wildman–Crippen MR) is 102 cm³/mol. The molecule has 0 spiro atoms. The average molecular weight is 366 g/mol. The molecule has 0 atom stereocenters. The van der Waals surface area contributed by atoms with Gasteiger partial charge in [-0.05, 0) is 36.6 Å². The van der Waals surface area contributed by atoms with Crippen molar-refractivity contribution in [3.8, 4) is 0 Å². The lowest BCUT2D eigenvalue weighted by atomic mass is 10.0. The molecular formula is C20H18N2O3S. The third-order valence-electron chi connectivity index (χ3n) is 3.86. The van der Waals surface area contributed by atoms with Gasteiger partial charge in [-0.2, -0.15) is 0 Å². The maximum Gasteiger partial charge on any atom is 0.350 e. The SMILES string of the molecule is COC(=O)c1sc(NC(=O)c2ccc(Cc3ccccc3)cc2)nc1C. The molecule has 0 unspecified atom stereocenters. The molecule has 5 nitrogen and oxygen atoms in total. The van der Waals surface area contributed by atoms with Crippen LogP contribution in [0.5, 0.6) is 0 Å². The van der Waals surface area contributed by atoms with E-state index in [1.54, 1.807) is 19.1 Å². The summed E-state index contributed by atoms with van der Waals surface area (Å²) < 4.78 is 4.70. The second-order valence-electron chi connectivity index (χ2n) is 5.74. The van der Waals surface area contributed by atoms with Crippen LogP contribution in [0, 0.1) is 6.92 Å². The molecule has 3 rings (SSSR count). The second-order valence-corrected chi connectivity index (χ2v) is 6.74. The quantitative estimate of drug-likeness (QED) is 0.691. The van der Waals surface area contributed by atoms with Crippen LogP contribution in [0.15, 0.2) is 54.6 Å². The number of ether oxygens (including phenoxy) is 1. The van der Waals surface area contributed by atoms with E-state index in [1.165, 1.54) is 12.7 Å². The number of aryl methyl sites for hydroxylation is 1. The Labute approximate surface area is 155 Å². The summed E-state index contributed by atoms with van der Waals surface area (Å²) >= 11 is 1.10. The number of methoxy groups -OCH3 is 1. The molecule has 1 N–H and O–H groups in total. The molecule has 2 aromatic carbocycles. The van der Waals surface area contributed by atoms with E-state index in [1.807, 2.05) is 30.3 Å². The topological polar surface area (TPSA) is 68.3 Å². The standard InChI is InChI=1S/C20H18N2O3S/c1-13-17(19(24)25-2)26-20(21-13)22-18(23)16-10-8-15(9-11-16)12-14-6-4-3-5-7-14/h3-11H,12H2,1-2H3,(H,21,22,23). The number of nitrogens with zero attached hydrogens (tertiary/aromatic N) is 1. The Morgan fingerprint density at radius 3 is 2.35 bits per heavy atom. The number of carbonyl (C=O) groups excluding carboxylic acids is 2. The lowest BCUT2D eigenvalue weighted by Crippen LogP contribution is -2.11. The van der Waals surface area contributed by atoms with Crippen molar-refractivity contribution in [2.45, 2.75) is 13.3 Å². The van der Waals surface area contributed by atoms with Crippen LogP contribution in [0.3, 0.4) is 0 Å². The van der Waals surface area contributed by atoms with Gasteiger partial charge < -0.3 is 4.74 Å². The summed E-state index contributed by atoms with van der Waals surface area (Å²) in [7, 11) is 1.32. The van der Waals surface area contributed by atoms with E-state index in [9.17, 15) is 9.59 Å². The summed E-state index contributed by atoms with van der Waals surface area (Å²) in [5.74, 6) is -0.716. The first-order valence-electron chi connectivity index (χ1n) is 8.07. The van der Waals surface area contributed by atoms with Crippen molar-refractivity contribution in [3.05, 3.63) is 81.9 Å². The van der Waals surface area contributed by atoms with Gasteiger partial charge in [0.1, 0.15) is 4.88 Å². The molecule has 0 bridgehead atoms. The molecule has 1 aromatic heterocycles. The number of hydrogen-bond acceptors (Lipinski definition) is 5. The molecule has 0 fully saturated rings. The molecule has 0 radical (unpaired) electrons. The average Bonchev–Trinajstić information content (AvgIpc) is 3.02. The zero-order valence-corrected chi connectivity index (χ0v) is 15.3. The number of rotatable bonds is 5. The summed E-state index contributed by atoms with van der Waals surface area (Å²) in [6, 6.07) is 17.6. The van der Waals surface area contributed by atoms with E-state index in [0.29, 0.717) is 21.3 Å². The highest BCUT2D eigenvalue weighted by atomic mass is 32.1. The number of amides is 1. The van der Waals surface area contributed by atoms with Crippen molar-refractivity contribution in [3.63, 3.8) is 0 Å². The molecule has 0 aliphatic rings. The Balaban J connectivity index is 1.68. The predicted octanol–water partition coefficient (Wildman–Crippen LogP) is 4.08. The highest BCUT2D eigenvalue weighted by Gasteiger charge is 2.17. The van der Waals surface area contributed by atoms with Gasteiger partial charge in [-0.1, -0.05) is 53.8 Å². The van der Waals surface area contributed by atoms with Crippen LogP contribution >= 0.6 is 11.3 Å². The van der Waals surface area contributed by atoms with Crippen LogP contribution in [-0.2, 0) is 11.2 Å². The first-order chi connectivity index (χ1) is 12.6. The van der Waals surface area contributed by atoms with Gasteiger partial charge in [0.2, 0.25) is 0 Å². The Morgan fingerprint density at radius 1 is 1.04 bits per heavy atom. The summed E-state index contributed by atoms with van der Waals surface area (Å²) in [6.45, 7) is 1.71. The van der Waals surface area contributed by atoms with Crippen molar-refractivity contribution in [1.82, 2.24) is 4.98 Å². The number of hydrogen-bond donors (Lipinski definition) is 1. The molecule has 132 valence electrons. The lowest BCUT2D eigenvalue weighted by molar-refractivity contribution is 0.0605. The lowest BCUT2D eigenvalue weighted by Gasteiger charge is -2.05. The summed E-state index contributed by atoms with van der Waals surface area (Å²) in [6.07, 6.45) is 0.816. The number of thiazole rings is 1. The van der Waals surface area contributed by atoms with E-state index >= 15 is 0 Å². The molecule has 3 aromatic rings. The van der Waals surface area contributed by atoms with Gasteiger partial charge in [0.15, 0.2) is 5.13 Å². The second kappa shape index (κ2) is 7.93. The fourth-order valence-electron chi connectivity index (χ4n) is 2.51. The summed E-state index contributed by atoms with van der Waals surface area (Å²) in [5.41, 5.74) is 3.42. The van der Waals surface area contributed by atoms with Gasteiger partial charge in [-0.3, -0.25) is 10.1 Å². The van der Waals surface area contributed by atoms with Crippen molar-refractivity contribution < 1.29 is 14.3 Å². The Kier molecular flexibility index (Phi) is 5.43. The number of anilines is 1. The zero-order chi connectivity index (χ0) is 18.5. The number of benzene rings is 2. The number of aromatic nitrogens is 1. The first-order valence-corrected chi connectivity index (χ1v) is 8.88. The maximum atomic E-state index is 12.4. The molecule has 0 saturated carbocycles. The summed E-state index contributed by atoms with van der Waals surface area (Å²) in [5, 5.41) is 3.10. The highest BCUT2D eigenvalue weighted by molar-refractivity contribution is 7.17. The van der Waals surface area contributed by atoms with Gasteiger partial charge in [-0.25, -0.2) is 9.78 Å². The normalized spacial score (nSPS) is 10.4. The Hall–Kier alpha value is -2.99. The third kappa shape index (κ3) is 4.15. The summed E-state index contributed by atoms with van der Waals surface area (Å²) in [4.78, 5) is 28.6. The van der Waals surface area contributed by atoms with E-state index < -0.39 is 5.97 Å². The van der Waals surface area contributed by atoms with E-state index in [0.717, 1.165) is 23.3 Å². The molecule has 0 aliphatic heterocycles. The molecular weight excluding hydrogens is 348 g/mol. The van der Waals surface area contributed by atoms with Gasteiger partial charge in [-0.15, -0.1) is 0 Å². The van der Waals surface area contributed by atoms with Crippen molar-refractivity contribution >= 4 is 28.3 Å². The minimum Gasteiger partial charge on any atom is -0.465 e. The first kappa shape index (κ1) is 17.8. The Bertz CT molecular complexity index is 918. The van der Waals surface area contributed by atoms with Crippen LogP contribution in [0.4, 0.5) is 5.13 Å². The minimum absolute atomic E-state index is 0.263. The monoisotopic (exact) mass is 366 g/mol. The van der Waals surface area contributed by atoms with Gasteiger partial charge in [0.05, 0.1) is 12.8 Å². The van der Waals surface area contributed by atoms with Gasteiger partial charge in [0.25, 0.3) is 5.91 Å². The van der Waals surface area contributed by atoms with Crippen LogP contribution in [-0.4, -0.2) is 24.0 Å². The molecule has 0 saturated heterocycles. The fourth-order valence-corrected chi connectivity index (χ4v) is 3.39. The van der Waals surface area contributed by atoms with Crippen molar-refractivity contribution in [2.75, 3.05) is 12.4 Å². The molecule has 0 aliphatic carbocycles. The highest BCUT2D eigenvalue weighted by Crippen LogP contribution is 2.23. The van der Waals surface area contributed by atoms with E-state index in [2.05, 4.69) is 22.4 Å². The van der Waals surface area contributed by atoms with Crippen LogP contribution in [0.1, 0.15) is 36.9 Å². The third-order valence-corrected chi connectivity index (χ3v) is 4.91. The maximum absolute atomic E-state index is 12.4. The smallest absolute Gasteiger partial charge is 0.350 e. The van der Waals surface area contributed by atoms with Gasteiger partial charge >= 0.3 is 5.97 Å². The van der Waals surface area contributed by atoms with Crippen LogP contribution < -0.4 is 5.32 Å². The number of carbonyl (C=O) groups is 2. The minimum atomic E-state index is -0.453.